The van der Waals surface area contributed by atoms with E-state index in [4.69, 9.17) is 4.74 Å². The van der Waals surface area contributed by atoms with Crippen molar-refractivity contribution in [1.82, 2.24) is 5.32 Å². The number of nitrogens with one attached hydrogen (secondary N) is 1. The minimum absolute atomic E-state index is 0.161. The third kappa shape index (κ3) is 4.99. The fourth-order valence-electron chi connectivity index (χ4n) is 3.98. The summed E-state index contributed by atoms with van der Waals surface area (Å²) in [6.45, 7) is 5.96. The zero-order valence-electron chi connectivity index (χ0n) is 19.7. The summed E-state index contributed by atoms with van der Waals surface area (Å²) in [5.41, 5.74) is 4.14. The predicted octanol–water partition coefficient (Wildman–Crippen LogP) is 5.10. The van der Waals surface area contributed by atoms with Gasteiger partial charge in [-0.25, -0.2) is 14.1 Å². The van der Waals surface area contributed by atoms with E-state index >= 15 is 0 Å². The highest BCUT2D eigenvalue weighted by Gasteiger charge is 2.37. The number of imide groups is 2. The molecule has 1 aliphatic rings. The third-order valence-electron chi connectivity index (χ3n) is 5.90. The van der Waals surface area contributed by atoms with Gasteiger partial charge in [-0.1, -0.05) is 36.4 Å². The third-order valence-corrected chi connectivity index (χ3v) is 5.90. The van der Waals surface area contributed by atoms with Gasteiger partial charge in [-0.05, 0) is 78.9 Å². The van der Waals surface area contributed by atoms with Gasteiger partial charge in [-0.15, -0.1) is 0 Å². The summed E-state index contributed by atoms with van der Waals surface area (Å²) in [4.78, 5) is 39.4. The minimum Gasteiger partial charge on any atom is -0.494 e. The topological polar surface area (TPSA) is 75.7 Å². The van der Waals surface area contributed by atoms with E-state index in [1.165, 1.54) is 18.2 Å². The van der Waals surface area contributed by atoms with E-state index < -0.39 is 17.8 Å². The molecule has 0 saturated carbocycles. The van der Waals surface area contributed by atoms with Crippen molar-refractivity contribution in [1.29, 1.82) is 0 Å². The van der Waals surface area contributed by atoms with Crippen LogP contribution < -0.4 is 15.0 Å². The Hall–Kier alpha value is -4.26. The van der Waals surface area contributed by atoms with Crippen molar-refractivity contribution in [2.45, 2.75) is 27.2 Å². The summed E-state index contributed by atoms with van der Waals surface area (Å²) in [6.07, 6.45) is 1.90. The molecule has 35 heavy (non-hydrogen) atoms. The number of anilines is 1. The quantitative estimate of drug-likeness (QED) is 0.400. The molecule has 7 heteroatoms. The van der Waals surface area contributed by atoms with Gasteiger partial charge in [0.15, 0.2) is 0 Å². The molecule has 0 aliphatic carbocycles. The summed E-state index contributed by atoms with van der Waals surface area (Å²) in [6, 6.07) is 16.2. The van der Waals surface area contributed by atoms with E-state index in [1.807, 2.05) is 39.0 Å². The first kappa shape index (κ1) is 23.9. The number of hydrogen-bond acceptors (Lipinski definition) is 4. The largest absolute Gasteiger partial charge is 0.494 e. The number of carbonyl (C=O) groups is 3. The van der Waals surface area contributed by atoms with Crippen molar-refractivity contribution < 1.29 is 23.5 Å². The number of ether oxygens (including phenoxy) is 1. The van der Waals surface area contributed by atoms with Gasteiger partial charge in [-0.3, -0.25) is 14.9 Å². The monoisotopic (exact) mass is 472 g/mol. The van der Waals surface area contributed by atoms with Gasteiger partial charge in [0.25, 0.3) is 11.8 Å². The molecule has 0 atom stereocenters. The first-order valence-electron chi connectivity index (χ1n) is 11.3. The van der Waals surface area contributed by atoms with E-state index in [0.29, 0.717) is 30.0 Å². The number of carbonyl (C=O) groups excluding carboxylic acids is 3. The molecule has 4 rings (SSSR count). The molecule has 1 N–H and O–H groups in total. The molecule has 1 aliphatic heterocycles. The summed E-state index contributed by atoms with van der Waals surface area (Å²) in [5.74, 6) is -1.21. The average molecular weight is 473 g/mol. The number of halogens is 1. The molecule has 0 spiro atoms. The Bertz CT molecular complexity index is 1360. The highest BCUT2D eigenvalue weighted by Crippen LogP contribution is 2.29. The number of nitrogens with zero attached hydrogens (tertiary/aromatic N) is 1. The molecule has 6 nitrogen and oxygen atoms in total. The molecule has 178 valence electrons. The molecule has 0 unspecified atom stereocenters. The number of amides is 4. The van der Waals surface area contributed by atoms with Crippen LogP contribution >= 0.6 is 0 Å². The molecular formula is C28H25FN2O4. The first-order chi connectivity index (χ1) is 16.8. The first-order valence-corrected chi connectivity index (χ1v) is 11.3. The van der Waals surface area contributed by atoms with Gasteiger partial charge in [0.05, 0.1) is 12.3 Å². The fourth-order valence-corrected chi connectivity index (χ4v) is 3.98. The van der Waals surface area contributed by atoms with Crippen LogP contribution in [-0.4, -0.2) is 24.5 Å². The lowest BCUT2D eigenvalue weighted by Gasteiger charge is -2.28. The molecule has 0 bridgehead atoms. The van der Waals surface area contributed by atoms with Crippen LogP contribution in [0.3, 0.4) is 0 Å². The standard InChI is InChI=1S/C28H25FN2O4/c1-4-35-25-16-20(11-12-21(25)13-19-8-6-9-22(29)14-19)15-23-26(32)30-28(34)31(27(23)33)24-10-5-7-17(2)18(24)3/h5-12,14-16H,4,13H2,1-3H3,(H,30,32,34)/b23-15+. The molecule has 0 aromatic heterocycles. The van der Waals surface area contributed by atoms with Crippen LogP contribution in [0.4, 0.5) is 14.9 Å². The maximum atomic E-state index is 13.6. The van der Waals surface area contributed by atoms with E-state index in [2.05, 4.69) is 5.32 Å². The van der Waals surface area contributed by atoms with Crippen LogP contribution in [0.2, 0.25) is 0 Å². The maximum absolute atomic E-state index is 13.6. The molecule has 1 heterocycles. The Morgan fingerprint density at radius 1 is 1.00 bits per heavy atom. The van der Waals surface area contributed by atoms with Crippen LogP contribution in [0.1, 0.15) is 34.7 Å². The van der Waals surface area contributed by atoms with Crippen molar-refractivity contribution >= 4 is 29.6 Å². The van der Waals surface area contributed by atoms with Crippen LogP contribution in [0, 0.1) is 19.7 Å². The Labute approximate surface area is 203 Å². The van der Waals surface area contributed by atoms with E-state index in [1.54, 1.807) is 30.3 Å². The second-order valence-electron chi connectivity index (χ2n) is 8.28. The predicted molar refractivity (Wildman–Crippen MR) is 132 cm³/mol. The minimum atomic E-state index is -0.786. The maximum Gasteiger partial charge on any atom is 0.335 e. The van der Waals surface area contributed by atoms with Gasteiger partial charge in [-0.2, -0.15) is 0 Å². The zero-order valence-corrected chi connectivity index (χ0v) is 19.7. The van der Waals surface area contributed by atoms with Crippen molar-refractivity contribution in [2.75, 3.05) is 11.5 Å². The van der Waals surface area contributed by atoms with Crippen LogP contribution in [0.25, 0.3) is 6.08 Å². The number of urea groups is 1. The van der Waals surface area contributed by atoms with Gasteiger partial charge >= 0.3 is 6.03 Å². The molecule has 3 aromatic carbocycles. The summed E-state index contributed by atoms with van der Waals surface area (Å²) < 4.78 is 19.4. The number of hydrogen-bond donors (Lipinski definition) is 1. The summed E-state index contributed by atoms with van der Waals surface area (Å²) in [7, 11) is 0. The van der Waals surface area contributed by atoms with Crippen molar-refractivity contribution in [3.8, 4) is 5.75 Å². The highest BCUT2D eigenvalue weighted by molar-refractivity contribution is 6.39. The van der Waals surface area contributed by atoms with Gasteiger partial charge in [0, 0.05) is 6.42 Å². The molecular weight excluding hydrogens is 447 g/mol. The second kappa shape index (κ2) is 9.93. The Balaban J connectivity index is 1.69. The van der Waals surface area contributed by atoms with Crippen LogP contribution in [0.5, 0.6) is 5.75 Å². The van der Waals surface area contributed by atoms with Gasteiger partial charge in [0.2, 0.25) is 0 Å². The molecule has 4 amide bonds. The average Bonchev–Trinajstić information content (AvgIpc) is 2.81. The van der Waals surface area contributed by atoms with Crippen molar-refractivity contribution in [2.24, 2.45) is 0 Å². The van der Waals surface area contributed by atoms with Crippen molar-refractivity contribution in [3.63, 3.8) is 0 Å². The Morgan fingerprint density at radius 2 is 1.77 bits per heavy atom. The van der Waals surface area contributed by atoms with E-state index in [0.717, 1.165) is 27.2 Å². The van der Waals surface area contributed by atoms with Crippen molar-refractivity contribution in [3.05, 3.63) is 99.9 Å². The van der Waals surface area contributed by atoms with Gasteiger partial charge < -0.3 is 4.74 Å². The normalized spacial score (nSPS) is 14.9. The fraction of sp³-hybridized carbons (Fsp3) is 0.179. The molecule has 1 saturated heterocycles. The van der Waals surface area contributed by atoms with Crippen LogP contribution in [-0.2, 0) is 16.0 Å². The lowest BCUT2D eigenvalue weighted by molar-refractivity contribution is -0.122. The van der Waals surface area contributed by atoms with Crippen LogP contribution in [0.15, 0.2) is 66.2 Å². The summed E-state index contributed by atoms with van der Waals surface area (Å²) in [5, 5.41) is 2.26. The SMILES string of the molecule is CCOc1cc(/C=C2\C(=O)NC(=O)N(c3cccc(C)c3C)C2=O)ccc1Cc1cccc(F)c1. The number of rotatable bonds is 6. The lowest BCUT2D eigenvalue weighted by atomic mass is 10.00. The van der Waals surface area contributed by atoms with E-state index in [9.17, 15) is 18.8 Å². The Kier molecular flexibility index (Phi) is 6.78. The molecule has 0 radical (unpaired) electrons. The van der Waals surface area contributed by atoms with Gasteiger partial charge in [0.1, 0.15) is 17.1 Å². The summed E-state index contributed by atoms with van der Waals surface area (Å²) >= 11 is 0. The number of aryl methyl sites for hydroxylation is 1. The highest BCUT2D eigenvalue weighted by atomic mass is 19.1. The smallest absolute Gasteiger partial charge is 0.335 e. The molecule has 3 aromatic rings. The lowest BCUT2D eigenvalue weighted by Crippen LogP contribution is -2.54. The zero-order chi connectivity index (χ0) is 25.1. The number of barbiturate groups is 1. The van der Waals surface area contributed by atoms with E-state index in [-0.39, 0.29) is 11.4 Å². The molecule has 1 fully saturated rings. The second-order valence-corrected chi connectivity index (χ2v) is 8.28. The number of benzene rings is 3. The Morgan fingerprint density at radius 3 is 2.51 bits per heavy atom.